The normalized spacial score (nSPS) is 13.9. The van der Waals surface area contributed by atoms with Crippen LogP contribution in [0.4, 0.5) is 0 Å². The van der Waals surface area contributed by atoms with Gasteiger partial charge in [0, 0.05) is 31.3 Å². The Hall–Kier alpha value is -4.51. The van der Waals surface area contributed by atoms with Crippen LogP contribution in [0.3, 0.4) is 0 Å². The van der Waals surface area contributed by atoms with Crippen LogP contribution in [-0.4, -0.2) is 39.5 Å². The number of para-hydroxylation sites is 1. The zero-order chi connectivity index (χ0) is 28.3. The van der Waals surface area contributed by atoms with E-state index in [4.69, 9.17) is 9.15 Å². The van der Waals surface area contributed by atoms with Gasteiger partial charge in [-0.3, -0.25) is 9.36 Å². The van der Waals surface area contributed by atoms with Crippen molar-refractivity contribution in [3.8, 4) is 23.1 Å². The first kappa shape index (κ1) is 27.5. The molecule has 11 heteroatoms. The Morgan fingerprint density at radius 2 is 1.67 bits per heavy atom. The fourth-order valence-electron chi connectivity index (χ4n) is 4.75. The number of aromatic nitrogens is 2. The molecule has 0 spiro atoms. The number of hydrogen-bond acceptors (Lipinski definition) is 8. The maximum Gasteiger partial charge on any atom is 0.344 e. The minimum Gasteiger partial charge on any atom is -0.860 e. The monoisotopic (exact) mass is 537 g/mol. The van der Waals surface area contributed by atoms with E-state index in [9.17, 15) is 29.7 Å². The molecule has 0 aliphatic carbocycles. The molecule has 1 aliphatic heterocycles. The zero-order valence-corrected chi connectivity index (χ0v) is 22.0. The molecule has 1 fully saturated rings. The molecule has 4 N–H and O–H groups in total. The van der Waals surface area contributed by atoms with Crippen molar-refractivity contribution in [2.75, 3.05) is 20.2 Å². The highest BCUT2D eigenvalue weighted by Crippen LogP contribution is 2.42. The number of quaternary nitrogens is 1. The Morgan fingerprint density at radius 3 is 2.26 bits per heavy atom. The minimum absolute atomic E-state index is 0.0402. The number of fused-ring (bicyclic) bond motifs is 1. The largest absolute Gasteiger partial charge is 0.860 e. The van der Waals surface area contributed by atoms with E-state index in [1.54, 1.807) is 12.1 Å². The molecular formula is C28H31N3O8. The van der Waals surface area contributed by atoms with Gasteiger partial charge in [-0.2, -0.15) is 0 Å². The van der Waals surface area contributed by atoms with Crippen LogP contribution in [0.2, 0.25) is 0 Å². The molecular weight excluding hydrogens is 506 g/mol. The molecule has 0 radical (unpaired) electrons. The van der Waals surface area contributed by atoms with Crippen LogP contribution < -0.4 is 32.0 Å². The van der Waals surface area contributed by atoms with E-state index < -0.39 is 51.3 Å². The van der Waals surface area contributed by atoms with Gasteiger partial charge in [0.1, 0.15) is 22.8 Å². The fourth-order valence-corrected chi connectivity index (χ4v) is 4.75. The number of phenolic OH excluding ortho intramolecular Hbond substituents is 1. The molecule has 0 amide bonds. The van der Waals surface area contributed by atoms with E-state index in [1.165, 1.54) is 83.9 Å². The number of phenols is 1. The van der Waals surface area contributed by atoms with Crippen molar-refractivity contribution in [3.05, 3.63) is 90.4 Å². The molecule has 1 aliphatic rings. The summed E-state index contributed by atoms with van der Waals surface area (Å²) in [7, 11) is 3.75. The molecule has 11 nitrogen and oxygen atoms in total. The van der Waals surface area contributed by atoms with Crippen LogP contribution in [0.15, 0.2) is 61.3 Å². The fraction of sp³-hybridized carbons (Fsp3) is 0.321. The van der Waals surface area contributed by atoms with Crippen LogP contribution >= 0.6 is 0 Å². The number of nitrogens with zero attached hydrogens (tertiary/aromatic N) is 2. The van der Waals surface area contributed by atoms with Gasteiger partial charge in [0.2, 0.25) is 0 Å². The van der Waals surface area contributed by atoms with Gasteiger partial charge in [0.15, 0.2) is 0 Å². The summed E-state index contributed by atoms with van der Waals surface area (Å²) in [6, 6.07) is 10.2. The Bertz CT molecular complexity index is 1670. The first-order chi connectivity index (χ1) is 18.7. The first-order valence-electron chi connectivity index (χ1n) is 12.6. The molecule has 1 atom stereocenters. The third kappa shape index (κ3) is 5.26. The lowest BCUT2D eigenvalue weighted by Gasteiger charge is -2.26. The zero-order valence-electron chi connectivity index (χ0n) is 22.0. The Kier molecular flexibility index (Phi) is 8.10. The van der Waals surface area contributed by atoms with E-state index in [0.29, 0.717) is 9.13 Å². The Morgan fingerprint density at radius 1 is 0.974 bits per heavy atom. The predicted molar refractivity (Wildman–Crippen MR) is 142 cm³/mol. The number of piperidine rings is 1. The topological polar surface area (TPSA) is 164 Å². The SMILES string of the molecule is C1CC[NH2+]CC1.COc1ccc(C(c2c(O)c3ccccc3oc2=O)c2c([O-])n(C)c(=O)n(C)c2=O)c(O)c1. The highest BCUT2D eigenvalue weighted by Gasteiger charge is 2.32. The molecule has 0 saturated carbocycles. The van der Waals surface area contributed by atoms with Gasteiger partial charge in [-0.15, -0.1) is 0 Å². The van der Waals surface area contributed by atoms with Gasteiger partial charge < -0.3 is 34.4 Å². The lowest BCUT2D eigenvalue weighted by molar-refractivity contribution is -0.662. The summed E-state index contributed by atoms with van der Waals surface area (Å²) in [5.41, 5.74) is -3.74. The number of ether oxygens (including phenoxy) is 1. The summed E-state index contributed by atoms with van der Waals surface area (Å²) in [6.07, 6.45) is 4.36. The summed E-state index contributed by atoms with van der Waals surface area (Å²) in [4.78, 5) is 38.4. The van der Waals surface area contributed by atoms with Crippen LogP contribution in [0.5, 0.6) is 23.1 Å². The molecule has 39 heavy (non-hydrogen) atoms. The van der Waals surface area contributed by atoms with Gasteiger partial charge >= 0.3 is 11.3 Å². The van der Waals surface area contributed by atoms with E-state index in [-0.39, 0.29) is 22.3 Å². The average molecular weight is 538 g/mol. The third-order valence-electron chi connectivity index (χ3n) is 6.91. The molecule has 1 unspecified atom stereocenters. The van der Waals surface area contributed by atoms with Crippen LogP contribution in [0.1, 0.15) is 41.9 Å². The van der Waals surface area contributed by atoms with Crippen molar-refractivity contribution in [2.45, 2.75) is 25.2 Å². The molecule has 1 saturated heterocycles. The molecule has 3 heterocycles. The summed E-state index contributed by atoms with van der Waals surface area (Å²) >= 11 is 0. The number of aromatic hydroxyl groups is 2. The lowest BCUT2D eigenvalue weighted by atomic mass is 9.85. The molecule has 2 aromatic carbocycles. The second-order valence-corrected chi connectivity index (χ2v) is 9.36. The first-order valence-corrected chi connectivity index (χ1v) is 12.6. The van der Waals surface area contributed by atoms with Gasteiger partial charge in [-0.25, -0.2) is 9.59 Å². The molecule has 5 rings (SSSR count). The Labute approximate surface area is 223 Å². The molecule has 4 aromatic rings. The quantitative estimate of drug-likeness (QED) is 0.319. The number of rotatable bonds is 4. The number of hydrogen-bond donors (Lipinski definition) is 3. The van der Waals surface area contributed by atoms with E-state index >= 15 is 0 Å². The van der Waals surface area contributed by atoms with Crippen molar-refractivity contribution in [2.24, 2.45) is 14.1 Å². The van der Waals surface area contributed by atoms with Crippen molar-refractivity contribution in [1.29, 1.82) is 0 Å². The van der Waals surface area contributed by atoms with Crippen molar-refractivity contribution < 1.29 is 29.8 Å². The second kappa shape index (κ2) is 11.5. The predicted octanol–water partition coefficient (Wildman–Crippen LogP) is 0.598. The van der Waals surface area contributed by atoms with E-state index in [0.717, 1.165) is 0 Å². The van der Waals surface area contributed by atoms with Crippen molar-refractivity contribution in [3.63, 3.8) is 0 Å². The van der Waals surface area contributed by atoms with Crippen molar-refractivity contribution in [1.82, 2.24) is 9.13 Å². The standard InChI is InChI=1S/C23H20N2O8.C5H11N/c1-24-20(28)18(21(29)25(2)23(24)31)16(12-9-8-11(32-3)10-14(12)26)17-19(27)13-6-4-5-7-15(13)33-22(17)30;1-2-4-6-5-3-1/h4-10,16,26-28H,1-3H3;6H,1-5H2. The highest BCUT2D eigenvalue weighted by atomic mass is 16.5. The van der Waals surface area contributed by atoms with Crippen LogP contribution in [0, 0.1) is 0 Å². The van der Waals surface area contributed by atoms with Gasteiger partial charge in [0.05, 0.1) is 37.1 Å². The van der Waals surface area contributed by atoms with Crippen LogP contribution in [-0.2, 0) is 14.1 Å². The summed E-state index contributed by atoms with van der Waals surface area (Å²) in [6.45, 7) is 2.75. The summed E-state index contributed by atoms with van der Waals surface area (Å²) in [5, 5.41) is 37.4. The van der Waals surface area contributed by atoms with Gasteiger partial charge in [-0.05, 0) is 43.3 Å². The maximum atomic E-state index is 13.1. The van der Waals surface area contributed by atoms with Crippen LogP contribution in [0.25, 0.3) is 11.0 Å². The maximum absolute atomic E-state index is 13.1. The molecule has 0 bridgehead atoms. The number of benzene rings is 2. The minimum atomic E-state index is -1.55. The number of methoxy groups -OCH3 is 1. The molecule has 2 aromatic heterocycles. The second-order valence-electron chi connectivity index (χ2n) is 9.36. The number of nitrogens with two attached hydrogens (primary N) is 1. The summed E-state index contributed by atoms with van der Waals surface area (Å²) in [5.74, 6) is -3.16. The average Bonchev–Trinajstić information content (AvgIpc) is 2.95. The Balaban J connectivity index is 0.000000519. The lowest BCUT2D eigenvalue weighted by Crippen LogP contribution is -2.85. The smallest absolute Gasteiger partial charge is 0.344 e. The van der Waals surface area contributed by atoms with Gasteiger partial charge in [0.25, 0.3) is 5.56 Å². The highest BCUT2D eigenvalue weighted by molar-refractivity contribution is 5.84. The van der Waals surface area contributed by atoms with Crippen molar-refractivity contribution >= 4 is 11.0 Å². The van der Waals surface area contributed by atoms with Gasteiger partial charge in [-0.1, -0.05) is 18.2 Å². The van der Waals surface area contributed by atoms with E-state index in [1.807, 2.05) is 0 Å². The third-order valence-corrected chi connectivity index (χ3v) is 6.91. The summed E-state index contributed by atoms with van der Waals surface area (Å²) < 4.78 is 11.9. The van der Waals surface area contributed by atoms with E-state index in [2.05, 4.69) is 5.32 Å². The molecule has 206 valence electrons.